The summed E-state index contributed by atoms with van der Waals surface area (Å²) in [6.45, 7) is 7.12. The smallest absolute Gasteiger partial charge is 0.242 e. The second kappa shape index (κ2) is 6.17. The van der Waals surface area contributed by atoms with Crippen molar-refractivity contribution in [3.05, 3.63) is 47.7 Å². The van der Waals surface area contributed by atoms with E-state index in [1.54, 1.807) is 6.92 Å². The van der Waals surface area contributed by atoms with Gasteiger partial charge in [0.2, 0.25) is 17.7 Å². The van der Waals surface area contributed by atoms with E-state index in [0.29, 0.717) is 55.1 Å². The van der Waals surface area contributed by atoms with Crippen molar-refractivity contribution in [1.82, 2.24) is 20.0 Å². The number of carbonyl (C=O) groups excluding carboxylic acids is 1. The van der Waals surface area contributed by atoms with Gasteiger partial charge in [0.15, 0.2) is 0 Å². The number of aryl methyl sites for hydroxylation is 1. The number of carbonyl (C=O) groups is 1. The molecule has 2 bridgehead atoms. The van der Waals surface area contributed by atoms with E-state index >= 15 is 0 Å². The molecule has 0 radical (unpaired) electrons. The number of ether oxygens (including phenoxy) is 1. The summed E-state index contributed by atoms with van der Waals surface area (Å²) in [6.07, 6.45) is 1.99. The van der Waals surface area contributed by atoms with Gasteiger partial charge in [-0.25, -0.2) is 0 Å². The molecule has 3 saturated heterocycles. The number of benzene rings is 1. The Kier molecular flexibility index (Phi) is 3.65. The zero-order valence-corrected chi connectivity index (χ0v) is 17.9. The summed E-state index contributed by atoms with van der Waals surface area (Å²) < 4.78 is 11.2. The highest BCUT2D eigenvalue weighted by molar-refractivity contribution is 5.80. The first-order valence-electron chi connectivity index (χ1n) is 11.6. The summed E-state index contributed by atoms with van der Waals surface area (Å²) in [5.41, 5.74) is 1.92. The standard InChI is InChI=1S/C24H28N4O3/c1-15-25-26-21(31-15)13-30-18-10-28(11-18)22(29)8-23(16-5-3-2-4-6-16)19-7-17-9-27-12-20(23)24(17,19)14-27/h2-6,17-20H,7-14H2,1H3. The van der Waals surface area contributed by atoms with Crippen LogP contribution in [-0.2, 0) is 21.6 Å². The third-order valence-electron chi connectivity index (χ3n) is 9.20. The number of nitrogens with zero attached hydrogens (tertiary/aromatic N) is 4. The fourth-order valence-electron chi connectivity index (χ4n) is 7.97. The summed E-state index contributed by atoms with van der Waals surface area (Å²) >= 11 is 0. The van der Waals surface area contributed by atoms with Gasteiger partial charge in [-0.1, -0.05) is 30.3 Å². The van der Waals surface area contributed by atoms with Crippen LogP contribution < -0.4 is 0 Å². The minimum Gasteiger partial charge on any atom is -0.423 e. The molecule has 6 atom stereocenters. The number of rotatable bonds is 6. The van der Waals surface area contributed by atoms with Crippen molar-refractivity contribution in [2.24, 2.45) is 23.2 Å². The zero-order chi connectivity index (χ0) is 20.8. The van der Waals surface area contributed by atoms with Gasteiger partial charge < -0.3 is 19.0 Å². The number of fused-ring (bicyclic) bond motifs is 1. The van der Waals surface area contributed by atoms with E-state index in [0.717, 1.165) is 5.92 Å². The SMILES string of the molecule is Cc1nnc(COC2CN(C(=O)CC3(c4ccccc4)C4CC5CN6CC3C54C6)C2)o1. The van der Waals surface area contributed by atoms with E-state index in [1.807, 2.05) is 4.90 Å². The number of piperidine rings is 1. The first kappa shape index (κ1) is 18.3. The van der Waals surface area contributed by atoms with Gasteiger partial charge in [-0.15, -0.1) is 10.2 Å². The first-order chi connectivity index (χ1) is 15.1. The fraction of sp³-hybridized carbons (Fsp3) is 0.625. The quantitative estimate of drug-likeness (QED) is 0.712. The van der Waals surface area contributed by atoms with Gasteiger partial charge in [-0.2, -0.15) is 0 Å². The molecule has 2 aliphatic carbocycles. The topological polar surface area (TPSA) is 71.7 Å². The molecule has 1 aromatic heterocycles. The van der Waals surface area contributed by atoms with Crippen molar-refractivity contribution >= 4 is 5.91 Å². The lowest BCUT2D eigenvalue weighted by Gasteiger charge is -2.76. The average Bonchev–Trinajstić information content (AvgIpc) is 3.40. The maximum absolute atomic E-state index is 13.4. The van der Waals surface area contributed by atoms with Crippen molar-refractivity contribution in [3.8, 4) is 0 Å². The van der Waals surface area contributed by atoms with Crippen LogP contribution >= 0.6 is 0 Å². The average molecular weight is 421 g/mol. The third kappa shape index (κ3) is 2.28. The van der Waals surface area contributed by atoms with E-state index in [9.17, 15) is 4.79 Å². The Morgan fingerprint density at radius 3 is 2.74 bits per heavy atom. The van der Waals surface area contributed by atoms with Gasteiger partial charge in [0.1, 0.15) is 6.61 Å². The lowest BCUT2D eigenvalue weighted by Crippen LogP contribution is -2.77. The van der Waals surface area contributed by atoms with Crippen molar-refractivity contribution in [2.75, 3.05) is 32.7 Å². The van der Waals surface area contributed by atoms with E-state index < -0.39 is 0 Å². The Hall–Kier alpha value is -2.25. The predicted octanol–water partition coefficient (Wildman–Crippen LogP) is 2.02. The van der Waals surface area contributed by atoms with E-state index in [2.05, 4.69) is 45.4 Å². The molecule has 5 aliphatic rings. The maximum Gasteiger partial charge on any atom is 0.242 e. The minimum absolute atomic E-state index is 0.0250. The van der Waals surface area contributed by atoms with Crippen LogP contribution in [0.4, 0.5) is 0 Å². The third-order valence-corrected chi connectivity index (χ3v) is 9.20. The van der Waals surface area contributed by atoms with E-state index in [4.69, 9.17) is 9.15 Å². The highest BCUT2D eigenvalue weighted by Crippen LogP contribution is 2.82. The molecule has 3 aliphatic heterocycles. The van der Waals surface area contributed by atoms with E-state index in [1.165, 1.54) is 31.6 Å². The molecule has 1 spiro atoms. The molecule has 4 heterocycles. The molecule has 7 heteroatoms. The van der Waals surface area contributed by atoms with E-state index in [-0.39, 0.29) is 17.4 Å². The molecular formula is C24H28N4O3. The monoisotopic (exact) mass is 420 g/mol. The van der Waals surface area contributed by atoms with Crippen LogP contribution in [-0.4, -0.2) is 64.7 Å². The fourth-order valence-corrected chi connectivity index (χ4v) is 7.97. The van der Waals surface area contributed by atoms with Gasteiger partial charge in [0.05, 0.1) is 6.10 Å². The molecule has 2 saturated carbocycles. The zero-order valence-electron chi connectivity index (χ0n) is 17.9. The maximum atomic E-state index is 13.4. The summed E-state index contributed by atoms with van der Waals surface area (Å²) in [6, 6.07) is 10.9. The van der Waals surface area contributed by atoms with Crippen molar-refractivity contribution in [2.45, 2.75) is 37.9 Å². The molecule has 162 valence electrons. The molecule has 6 unspecified atom stereocenters. The van der Waals surface area contributed by atoms with Gasteiger partial charge in [-0.05, 0) is 35.2 Å². The second-order valence-corrected chi connectivity index (χ2v) is 10.4. The van der Waals surface area contributed by atoms with Crippen LogP contribution in [0.3, 0.4) is 0 Å². The summed E-state index contributed by atoms with van der Waals surface area (Å²) in [7, 11) is 0. The number of likely N-dealkylation sites (tertiary alicyclic amines) is 1. The summed E-state index contributed by atoms with van der Waals surface area (Å²) in [5, 5.41) is 7.79. The number of hydrogen-bond donors (Lipinski definition) is 0. The summed E-state index contributed by atoms with van der Waals surface area (Å²) in [5.74, 6) is 3.51. The Morgan fingerprint density at radius 2 is 2.00 bits per heavy atom. The molecule has 1 amide bonds. The normalized spacial score (nSPS) is 39.6. The van der Waals surface area contributed by atoms with Crippen LogP contribution in [0.1, 0.15) is 30.2 Å². The number of aromatic nitrogens is 2. The first-order valence-corrected chi connectivity index (χ1v) is 11.6. The molecule has 2 aromatic rings. The Morgan fingerprint density at radius 1 is 1.16 bits per heavy atom. The second-order valence-electron chi connectivity index (χ2n) is 10.4. The van der Waals surface area contributed by atoms with Crippen LogP contribution in [0.25, 0.3) is 0 Å². The Balaban J connectivity index is 1.05. The highest BCUT2D eigenvalue weighted by atomic mass is 16.5. The number of hydrogen-bond acceptors (Lipinski definition) is 6. The van der Waals surface area contributed by atoms with Crippen molar-refractivity contribution in [1.29, 1.82) is 0 Å². The largest absolute Gasteiger partial charge is 0.423 e. The van der Waals surface area contributed by atoms with Gasteiger partial charge >= 0.3 is 0 Å². The van der Waals surface area contributed by atoms with Crippen molar-refractivity contribution < 1.29 is 13.9 Å². The Bertz CT molecular complexity index is 1030. The molecule has 31 heavy (non-hydrogen) atoms. The minimum atomic E-state index is 0.0250. The highest BCUT2D eigenvalue weighted by Gasteiger charge is 2.83. The van der Waals surface area contributed by atoms with Crippen LogP contribution in [0.2, 0.25) is 0 Å². The van der Waals surface area contributed by atoms with Crippen molar-refractivity contribution in [3.63, 3.8) is 0 Å². The van der Waals surface area contributed by atoms with Crippen LogP contribution in [0, 0.1) is 30.1 Å². The molecule has 5 fully saturated rings. The van der Waals surface area contributed by atoms with Gasteiger partial charge in [0.25, 0.3) is 0 Å². The molecule has 7 nitrogen and oxygen atoms in total. The molecule has 7 rings (SSSR count). The predicted molar refractivity (Wildman–Crippen MR) is 111 cm³/mol. The molecule has 1 aromatic carbocycles. The van der Waals surface area contributed by atoms with Crippen LogP contribution in [0.15, 0.2) is 34.7 Å². The molecular weight excluding hydrogens is 392 g/mol. The number of amides is 1. The summed E-state index contributed by atoms with van der Waals surface area (Å²) in [4.78, 5) is 18.0. The Labute approximate surface area is 181 Å². The lowest BCUT2D eigenvalue weighted by molar-refractivity contribution is -0.238. The molecule has 0 N–H and O–H groups in total. The van der Waals surface area contributed by atoms with Gasteiger partial charge in [-0.3, -0.25) is 4.79 Å². The lowest BCUT2D eigenvalue weighted by atomic mass is 9.27. The van der Waals surface area contributed by atoms with Crippen LogP contribution in [0.5, 0.6) is 0 Å². The van der Waals surface area contributed by atoms with Gasteiger partial charge in [0, 0.05) is 51.5 Å².